The molecule has 0 unspecified atom stereocenters. The third-order valence-corrected chi connectivity index (χ3v) is 4.30. The summed E-state index contributed by atoms with van der Waals surface area (Å²) >= 11 is 3.46. The number of rotatable bonds is 1. The molecule has 0 amide bonds. The Labute approximate surface area is 113 Å². The normalized spacial score (nSPS) is 19.6. The number of aryl methyl sites for hydroxylation is 1. The molecule has 18 heavy (non-hydrogen) atoms. The van der Waals surface area contributed by atoms with Gasteiger partial charge in [-0.25, -0.2) is 4.98 Å². The second-order valence-corrected chi connectivity index (χ2v) is 5.40. The third-order valence-electron chi connectivity index (χ3n) is 3.45. The zero-order valence-corrected chi connectivity index (χ0v) is 11.6. The molecule has 0 saturated carbocycles. The number of aromatic nitrogens is 2. The fourth-order valence-corrected chi connectivity index (χ4v) is 2.69. The quantitative estimate of drug-likeness (QED) is 0.812. The Hall–Kier alpha value is -1.20. The van der Waals surface area contributed by atoms with Crippen molar-refractivity contribution in [2.24, 2.45) is 0 Å². The molecule has 1 aliphatic rings. The molecule has 0 spiro atoms. The fourth-order valence-electron chi connectivity index (χ4n) is 2.36. The van der Waals surface area contributed by atoms with E-state index in [0.29, 0.717) is 18.6 Å². The van der Waals surface area contributed by atoms with Gasteiger partial charge < -0.3 is 4.74 Å². The van der Waals surface area contributed by atoms with Crippen LogP contribution in [0.25, 0.3) is 10.9 Å². The summed E-state index contributed by atoms with van der Waals surface area (Å²) in [6.07, 6.45) is 2.51. The van der Waals surface area contributed by atoms with Gasteiger partial charge in [0.15, 0.2) is 0 Å². The Morgan fingerprint density at radius 3 is 3.06 bits per heavy atom. The largest absolute Gasteiger partial charge is 0.379 e. The highest BCUT2D eigenvalue weighted by atomic mass is 79.9. The maximum atomic E-state index is 12.5. The molecule has 2 heterocycles. The minimum Gasteiger partial charge on any atom is -0.379 e. The Morgan fingerprint density at radius 1 is 1.50 bits per heavy atom. The summed E-state index contributed by atoms with van der Waals surface area (Å²) in [6.45, 7) is 3.25. The van der Waals surface area contributed by atoms with Crippen LogP contribution in [-0.4, -0.2) is 22.8 Å². The van der Waals surface area contributed by atoms with Crippen LogP contribution in [0.1, 0.15) is 18.0 Å². The third kappa shape index (κ3) is 1.78. The van der Waals surface area contributed by atoms with E-state index in [1.807, 2.05) is 19.1 Å². The second-order valence-electron chi connectivity index (χ2n) is 4.54. The van der Waals surface area contributed by atoms with Crippen molar-refractivity contribution in [1.29, 1.82) is 0 Å². The molecule has 0 radical (unpaired) electrons. The summed E-state index contributed by atoms with van der Waals surface area (Å²) in [5.41, 5.74) is 1.71. The topological polar surface area (TPSA) is 44.1 Å². The van der Waals surface area contributed by atoms with Gasteiger partial charge in [0.25, 0.3) is 5.56 Å². The van der Waals surface area contributed by atoms with E-state index in [4.69, 9.17) is 4.74 Å². The van der Waals surface area contributed by atoms with Gasteiger partial charge in [-0.3, -0.25) is 9.36 Å². The highest BCUT2D eigenvalue weighted by Crippen LogP contribution is 2.23. The first-order chi connectivity index (χ1) is 8.68. The first kappa shape index (κ1) is 11.9. The molecule has 5 heteroatoms. The van der Waals surface area contributed by atoms with Gasteiger partial charge in [-0.15, -0.1) is 0 Å². The maximum absolute atomic E-state index is 12.5. The van der Waals surface area contributed by atoms with Crippen molar-refractivity contribution in [1.82, 2.24) is 9.55 Å². The average Bonchev–Trinajstić information content (AvgIpc) is 2.87. The maximum Gasteiger partial charge on any atom is 0.261 e. The summed E-state index contributed by atoms with van der Waals surface area (Å²) in [6, 6.07) is 3.91. The molecule has 94 valence electrons. The van der Waals surface area contributed by atoms with Crippen LogP contribution in [-0.2, 0) is 4.74 Å². The molecule has 0 bridgehead atoms. The zero-order valence-electron chi connectivity index (χ0n) is 10.0. The predicted octanol–water partition coefficient (Wildman–Crippen LogP) is 2.43. The Balaban J connectivity index is 2.27. The van der Waals surface area contributed by atoms with Gasteiger partial charge in [0.1, 0.15) is 0 Å². The van der Waals surface area contributed by atoms with Crippen molar-refractivity contribution >= 4 is 26.8 Å². The lowest BCUT2D eigenvalue weighted by Gasteiger charge is -2.13. The number of ether oxygens (including phenoxy) is 1. The van der Waals surface area contributed by atoms with E-state index < -0.39 is 0 Å². The minimum absolute atomic E-state index is 0.0225. The van der Waals surface area contributed by atoms with E-state index >= 15 is 0 Å². The molecule has 1 aromatic carbocycles. The van der Waals surface area contributed by atoms with Gasteiger partial charge in [-0.1, -0.05) is 15.9 Å². The van der Waals surface area contributed by atoms with E-state index in [-0.39, 0.29) is 11.6 Å². The van der Waals surface area contributed by atoms with Crippen molar-refractivity contribution in [3.05, 3.63) is 38.9 Å². The molecule has 1 aliphatic heterocycles. The van der Waals surface area contributed by atoms with E-state index in [1.165, 1.54) is 0 Å². The molecule has 1 aromatic heterocycles. The van der Waals surface area contributed by atoms with Gasteiger partial charge in [0.05, 0.1) is 29.9 Å². The Morgan fingerprint density at radius 2 is 2.33 bits per heavy atom. The summed E-state index contributed by atoms with van der Waals surface area (Å²) < 4.78 is 7.98. The molecule has 1 saturated heterocycles. The van der Waals surface area contributed by atoms with Gasteiger partial charge in [0.2, 0.25) is 0 Å². The van der Waals surface area contributed by atoms with E-state index in [1.54, 1.807) is 10.9 Å². The van der Waals surface area contributed by atoms with Crippen LogP contribution < -0.4 is 5.56 Å². The first-order valence-corrected chi connectivity index (χ1v) is 6.71. The number of benzene rings is 1. The monoisotopic (exact) mass is 308 g/mol. The van der Waals surface area contributed by atoms with E-state index in [9.17, 15) is 4.79 Å². The molecule has 2 aromatic rings. The van der Waals surface area contributed by atoms with Crippen LogP contribution in [0.5, 0.6) is 0 Å². The molecule has 0 aliphatic carbocycles. The molecule has 0 N–H and O–H groups in total. The number of hydrogen-bond donors (Lipinski definition) is 0. The zero-order chi connectivity index (χ0) is 12.7. The standard InChI is InChI=1S/C13H13BrN2O2/c1-8-10(14)2-3-11-12(8)13(17)16(7-15-11)9-4-5-18-6-9/h2-3,7,9H,4-6H2,1H3/t9-/m1/s1. The molecular formula is C13H13BrN2O2. The number of fused-ring (bicyclic) bond motifs is 1. The second kappa shape index (κ2) is 4.48. The summed E-state index contributed by atoms with van der Waals surface area (Å²) in [5, 5.41) is 0.693. The van der Waals surface area contributed by atoms with Gasteiger partial charge in [-0.2, -0.15) is 0 Å². The number of nitrogens with zero attached hydrogens (tertiary/aromatic N) is 2. The van der Waals surface area contributed by atoms with E-state index in [2.05, 4.69) is 20.9 Å². The average molecular weight is 309 g/mol. The lowest BCUT2D eigenvalue weighted by Crippen LogP contribution is -2.26. The molecule has 1 fully saturated rings. The SMILES string of the molecule is Cc1c(Br)ccc2ncn([C@@H]3CCOC3)c(=O)c12. The Kier molecular flexibility index (Phi) is 2.95. The predicted molar refractivity (Wildman–Crippen MR) is 72.9 cm³/mol. The Bertz CT molecular complexity index is 660. The molecule has 1 atom stereocenters. The first-order valence-electron chi connectivity index (χ1n) is 5.92. The van der Waals surface area contributed by atoms with Crippen molar-refractivity contribution < 1.29 is 4.74 Å². The van der Waals surface area contributed by atoms with Crippen molar-refractivity contribution in [3.63, 3.8) is 0 Å². The minimum atomic E-state index is 0.0225. The number of halogens is 1. The van der Waals surface area contributed by atoms with Gasteiger partial charge in [0, 0.05) is 11.1 Å². The van der Waals surface area contributed by atoms with Gasteiger partial charge >= 0.3 is 0 Å². The lowest BCUT2D eigenvalue weighted by molar-refractivity contribution is 0.186. The van der Waals surface area contributed by atoms with Crippen LogP contribution in [0, 0.1) is 6.92 Å². The van der Waals surface area contributed by atoms with E-state index in [0.717, 1.165) is 22.0 Å². The lowest BCUT2D eigenvalue weighted by atomic mass is 10.1. The number of hydrogen-bond acceptors (Lipinski definition) is 3. The smallest absolute Gasteiger partial charge is 0.261 e. The van der Waals surface area contributed by atoms with Crippen LogP contribution in [0.4, 0.5) is 0 Å². The van der Waals surface area contributed by atoms with Crippen LogP contribution in [0.15, 0.2) is 27.7 Å². The van der Waals surface area contributed by atoms with Crippen molar-refractivity contribution in [2.45, 2.75) is 19.4 Å². The highest BCUT2D eigenvalue weighted by molar-refractivity contribution is 9.10. The summed E-state index contributed by atoms with van der Waals surface area (Å²) in [5.74, 6) is 0. The fraction of sp³-hybridized carbons (Fsp3) is 0.385. The highest BCUT2D eigenvalue weighted by Gasteiger charge is 2.20. The molecule has 4 nitrogen and oxygen atoms in total. The van der Waals surface area contributed by atoms with Crippen LogP contribution >= 0.6 is 15.9 Å². The van der Waals surface area contributed by atoms with Crippen LogP contribution in [0.2, 0.25) is 0 Å². The van der Waals surface area contributed by atoms with Crippen molar-refractivity contribution in [3.8, 4) is 0 Å². The van der Waals surface area contributed by atoms with Crippen molar-refractivity contribution in [2.75, 3.05) is 13.2 Å². The van der Waals surface area contributed by atoms with Crippen LogP contribution in [0.3, 0.4) is 0 Å². The molecule has 3 rings (SSSR count). The summed E-state index contributed by atoms with van der Waals surface area (Å²) in [7, 11) is 0. The van der Waals surface area contributed by atoms with Gasteiger partial charge in [-0.05, 0) is 31.0 Å². The molecular weight excluding hydrogens is 296 g/mol. The summed E-state index contributed by atoms with van der Waals surface area (Å²) in [4.78, 5) is 16.9.